The Morgan fingerprint density at radius 1 is 1.35 bits per heavy atom. The van der Waals surface area contributed by atoms with E-state index in [4.69, 9.17) is 10.5 Å². The fourth-order valence-corrected chi connectivity index (χ4v) is 1.52. The van der Waals surface area contributed by atoms with Gasteiger partial charge in [-0.1, -0.05) is 12.1 Å². The second-order valence-corrected chi connectivity index (χ2v) is 4.11. The Labute approximate surface area is 102 Å². The molecule has 1 aromatic carbocycles. The first-order chi connectivity index (χ1) is 7.95. The van der Waals surface area contributed by atoms with Gasteiger partial charge in [-0.3, -0.25) is 0 Å². The van der Waals surface area contributed by atoms with Crippen molar-refractivity contribution in [2.45, 2.75) is 32.9 Å². The van der Waals surface area contributed by atoms with Gasteiger partial charge in [-0.15, -0.1) is 0 Å². The predicted molar refractivity (Wildman–Crippen MR) is 65.9 cm³/mol. The molecule has 0 aliphatic heterocycles. The lowest BCUT2D eigenvalue weighted by Crippen LogP contribution is -2.25. The van der Waals surface area contributed by atoms with Crippen molar-refractivity contribution in [3.63, 3.8) is 0 Å². The Kier molecular flexibility index (Phi) is 4.52. The molecular formula is C13H19NO3. The molecule has 0 bridgehead atoms. The third-order valence-corrected chi connectivity index (χ3v) is 2.50. The number of benzene rings is 1. The highest BCUT2D eigenvalue weighted by Crippen LogP contribution is 2.26. The number of hydrogen-bond acceptors (Lipinski definition) is 4. The molecule has 2 N–H and O–H groups in total. The summed E-state index contributed by atoms with van der Waals surface area (Å²) in [7, 11) is 1.34. The second-order valence-electron chi connectivity index (χ2n) is 4.11. The van der Waals surface area contributed by atoms with E-state index in [9.17, 15) is 4.79 Å². The van der Waals surface area contributed by atoms with Crippen LogP contribution < -0.4 is 10.5 Å². The standard InChI is InChI=1S/C13H19NO3/c1-8-5-6-11(9(2)14)12(7-8)17-10(3)13(15)16-4/h5-7,9-10H,14H2,1-4H3/t9-,10?/m0/s1. The predicted octanol–water partition coefficient (Wildman–Crippen LogP) is 1.96. The SMILES string of the molecule is COC(=O)C(C)Oc1cc(C)ccc1[C@H](C)N. The molecule has 4 nitrogen and oxygen atoms in total. The summed E-state index contributed by atoms with van der Waals surface area (Å²) >= 11 is 0. The monoisotopic (exact) mass is 237 g/mol. The highest BCUT2D eigenvalue weighted by molar-refractivity contribution is 5.74. The zero-order chi connectivity index (χ0) is 13.0. The molecule has 1 aromatic rings. The molecule has 2 atom stereocenters. The maximum atomic E-state index is 11.3. The quantitative estimate of drug-likeness (QED) is 0.813. The molecule has 1 unspecified atom stereocenters. The Bertz CT molecular complexity index is 402. The Morgan fingerprint density at radius 2 is 2.00 bits per heavy atom. The van der Waals surface area contributed by atoms with Crippen LogP contribution in [0.4, 0.5) is 0 Å². The average Bonchev–Trinajstić information content (AvgIpc) is 2.27. The maximum absolute atomic E-state index is 11.3. The van der Waals surface area contributed by atoms with E-state index in [0.29, 0.717) is 5.75 Å². The summed E-state index contributed by atoms with van der Waals surface area (Å²) in [5.74, 6) is 0.236. The van der Waals surface area contributed by atoms with Gasteiger partial charge in [0, 0.05) is 11.6 Å². The first-order valence-corrected chi connectivity index (χ1v) is 5.56. The lowest BCUT2D eigenvalue weighted by atomic mass is 10.1. The van der Waals surface area contributed by atoms with E-state index in [1.807, 2.05) is 32.0 Å². The first-order valence-electron chi connectivity index (χ1n) is 5.56. The van der Waals surface area contributed by atoms with Crippen LogP contribution in [-0.4, -0.2) is 19.2 Å². The molecule has 0 aliphatic rings. The van der Waals surface area contributed by atoms with Gasteiger partial charge in [0.15, 0.2) is 6.10 Å². The third kappa shape index (κ3) is 3.46. The minimum absolute atomic E-state index is 0.143. The number of rotatable bonds is 4. The van der Waals surface area contributed by atoms with E-state index in [-0.39, 0.29) is 6.04 Å². The molecule has 0 saturated heterocycles. The van der Waals surface area contributed by atoms with Gasteiger partial charge >= 0.3 is 5.97 Å². The van der Waals surface area contributed by atoms with Crippen LogP contribution >= 0.6 is 0 Å². The van der Waals surface area contributed by atoms with Crippen LogP contribution in [0.1, 0.15) is 31.0 Å². The molecule has 0 saturated carbocycles. The average molecular weight is 237 g/mol. The van der Waals surface area contributed by atoms with Gasteiger partial charge < -0.3 is 15.2 Å². The normalized spacial score (nSPS) is 13.9. The molecule has 0 aromatic heterocycles. The minimum Gasteiger partial charge on any atom is -0.479 e. The molecule has 94 valence electrons. The van der Waals surface area contributed by atoms with Gasteiger partial charge in [-0.05, 0) is 32.4 Å². The highest BCUT2D eigenvalue weighted by atomic mass is 16.6. The highest BCUT2D eigenvalue weighted by Gasteiger charge is 2.17. The van der Waals surface area contributed by atoms with Crippen LogP contribution in [0.5, 0.6) is 5.75 Å². The summed E-state index contributed by atoms with van der Waals surface area (Å²) in [5.41, 5.74) is 7.79. The van der Waals surface area contributed by atoms with Crippen molar-refractivity contribution < 1.29 is 14.3 Å². The Balaban J connectivity index is 2.96. The number of esters is 1. The molecule has 1 rings (SSSR count). The molecule has 4 heteroatoms. The zero-order valence-corrected chi connectivity index (χ0v) is 10.7. The summed E-state index contributed by atoms with van der Waals surface area (Å²) in [4.78, 5) is 11.3. The van der Waals surface area contributed by atoms with Crippen molar-refractivity contribution in [1.29, 1.82) is 0 Å². The van der Waals surface area contributed by atoms with Gasteiger partial charge in [-0.25, -0.2) is 4.79 Å². The van der Waals surface area contributed by atoms with Gasteiger partial charge in [0.2, 0.25) is 0 Å². The van der Waals surface area contributed by atoms with E-state index in [0.717, 1.165) is 11.1 Å². The van der Waals surface area contributed by atoms with Crippen molar-refractivity contribution in [2.75, 3.05) is 7.11 Å². The van der Waals surface area contributed by atoms with Crippen LogP contribution in [0.3, 0.4) is 0 Å². The molecule has 0 fully saturated rings. The van der Waals surface area contributed by atoms with Gasteiger partial charge in [0.25, 0.3) is 0 Å². The number of methoxy groups -OCH3 is 1. The van der Waals surface area contributed by atoms with Crippen molar-refractivity contribution in [2.24, 2.45) is 5.73 Å². The fraction of sp³-hybridized carbons (Fsp3) is 0.462. The van der Waals surface area contributed by atoms with Crippen molar-refractivity contribution in [3.8, 4) is 5.75 Å². The largest absolute Gasteiger partial charge is 0.479 e. The van der Waals surface area contributed by atoms with Gasteiger partial charge in [0.1, 0.15) is 5.75 Å². The van der Waals surface area contributed by atoms with E-state index >= 15 is 0 Å². The number of carbonyl (C=O) groups excluding carboxylic acids is 1. The second kappa shape index (κ2) is 5.68. The number of hydrogen-bond donors (Lipinski definition) is 1. The number of carbonyl (C=O) groups is 1. The molecule has 0 aliphatic carbocycles. The fourth-order valence-electron chi connectivity index (χ4n) is 1.52. The molecule has 0 amide bonds. The summed E-state index contributed by atoms with van der Waals surface area (Å²) in [6.07, 6.45) is -0.640. The van der Waals surface area contributed by atoms with E-state index in [2.05, 4.69) is 4.74 Å². The van der Waals surface area contributed by atoms with Crippen molar-refractivity contribution in [1.82, 2.24) is 0 Å². The van der Waals surface area contributed by atoms with E-state index in [1.165, 1.54) is 7.11 Å². The molecule has 0 heterocycles. The molecule has 17 heavy (non-hydrogen) atoms. The van der Waals surface area contributed by atoms with Crippen LogP contribution in [-0.2, 0) is 9.53 Å². The topological polar surface area (TPSA) is 61.5 Å². The van der Waals surface area contributed by atoms with E-state index in [1.54, 1.807) is 6.92 Å². The van der Waals surface area contributed by atoms with Gasteiger partial charge in [-0.2, -0.15) is 0 Å². The Morgan fingerprint density at radius 3 is 2.53 bits per heavy atom. The maximum Gasteiger partial charge on any atom is 0.346 e. The van der Waals surface area contributed by atoms with Crippen LogP contribution in [0.2, 0.25) is 0 Å². The van der Waals surface area contributed by atoms with E-state index < -0.39 is 12.1 Å². The summed E-state index contributed by atoms with van der Waals surface area (Å²) in [6.45, 7) is 5.49. The number of nitrogens with two attached hydrogens (primary N) is 1. The Hall–Kier alpha value is -1.55. The summed E-state index contributed by atoms with van der Waals surface area (Å²) in [6, 6.07) is 5.61. The van der Waals surface area contributed by atoms with Crippen molar-refractivity contribution >= 4 is 5.97 Å². The van der Waals surface area contributed by atoms with Crippen LogP contribution in [0.25, 0.3) is 0 Å². The first kappa shape index (κ1) is 13.5. The zero-order valence-electron chi connectivity index (χ0n) is 10.7. The lowest BCUT2D eigenvalue weighted by Gasteiger charge is -2.18. The van der Waals surface area contributed by atoms with Crippen LogP contribution in [0, 0.1) is 6.92 Å². The molecule has 0 radical (unpaired) electrons. The lowest BCUT2D eigenvalue weighted by molar-refractivity contribution is -0.147. The smallest absolute Gasteiger partial charge is 0.346 e. The molecular weight excluding hydrogens is 218 g/mol. The number of ether oxygens (including phenoxy) is 2. The third-order valence-electron chi connectivity index (χ3n) is 2.50. The minimum atomic E-state index is -0.640. The molecule has 0 spiro atoms. The van der Waals surface area contributed by atoms with Gasteiger partial charge in [0.05, 0.1) is 7.11 Å². The van der Waals surface area contributed by atoms with Crippen LogP contribution in [0.15, 0.2) is 18.2 Å². The number of aryl methyl sites for hydroxylation is 1. The summed E-state index contributed by atoms with van der Waals surface area (Å²) < 4.78 is 10.2. The summed E-state index contributed by atoms with van der Waals surface area (Å²) in [5, 5.41) is 0. The van der Waals surface area contributed by atoms with Crippen molar-refractivity contribution in [3.05, 3.63) is 29.3 Å².